The molecule has 3 aromatic rings. The van der Waals surface area contributed by atoms with Crippen molar-refractivity contribution in [3.63, 3.8) is 0 Å². The molecule has 1 aliphatic rings. The van der Waals surface area contributed by atoms with Gasteiger partial charge in [0.25, 0.3) is 0 Å². The van der Waals surface area contributed by atoms with Gasteiger partial charge in [0.15, 0.2) is 5.82 Å². The van der Waals surface area contributed by atoms with Gasteiger partial charge in [0, 0.05) is 12.2 Å². The van der Waals surface area contributed by atoms with Gasteiger partial charge >= 0.3 is 0 Å². The quantitative estimate of drug-likeness (QED) is 0.771. The van der Waals surface area contributed by atoms with Crippen LogP contribution in [0.25, 0.3) is 16.3 Å². The highest BCUT2D eigenvalue weighted by molar-refractivity contribution is 7.16. The van der Waals surface area contributed by atoms with E-state index in [-0.39, 0.29) is 0 Å². The van der Waals surface area contributed by atoms with Crippen LogP contribution in [-0.4, -0.2) is 33.0 Å². The number of nitrogens with zero attached hydrogens (tertiary/aromatic N) is 4. The average molecular weight is 287 g/mol. The number of ether oxygens (including phenoxy) is 1. The van der Waals surface area contributed by atoms with Gasteiger partial charge in [0.1, 0.15) is 5.01 Å². The fourth-order valence-electron chi connectivity index (χ4n) is 2.33. The van der Waals surface area contributed by atoms with Crippen molar-refractivity contribution in [3.8, 4) is 11.4 Å². The number of hydrogen-bond donors (Lipinski definition) is 1. The summed E-state index contributed by atoms with van der Waals surface area (Å²) in [6.45, 7) is 1.19. The van der Waals surface area contributed by atoms with Crippen molar-refractivity contribution in [1.29, 1.82) is 0 Å². The van der Waals surface area contributed by atoms with Crippen molar-refractivity contribution in [2.75, 3.05) is 13.2 Å². The summed E-state index contributed by atoms with van der Waals surface area (Å²) in [5, 5.41) is 13.9. The Hall–Kier alpha value is -1.83. The molecule has 1 aliphatic heterocycles. The molecule has 1 aromatic carbocycles. The highest BCUT2D eigenvalue weighted by atomic mass is 32.1. The molecule has 0 bridgehead atoms. The van der Waals surface area contributed by atoms with Crippen LogP contribution < -0.4 is 5.73 Å². The molecule has 0 saturated carbocycles. The summed E-state index contributed by atoms with van der Waals surface area (Å²) in [4.78, 5) is 0.760. The molecule has 20 heavy (non-hydrogen) atoms. The van der Waals surface area contributed by atoms with Gasteiger partial charge in [-0.25, -0.2) is 0 Å². The Morgan fingerprint density at radius 3 is 2.85 bits per heavy atom. The number of rotatable bonds is 2. The van der Waals surface area contributed by atoms with Crippen molar-refractivity contribution in [3.05, 3.63) is 35.3 Å². The Bertz CT molecular complexity index is 745. The zero-order chi connectivity index (χ0) is 13.6. The zero-order valence-corrected chi connectivity index (χ0v) is 11.5. The van der Waals surface area contributed by atoms with Crippen LogP contribution in [-0.2, 0) is 10.3 Å². The number of benzene rings is 1. The van der Waals surface area contributed by atoms with E-state index in [1.165, 1.54) is 11.3 Å². The fourth-order valence-corrected chi connectivity index (χ4v) is 3.29. The predicted octanol–water partition coefficient (Wildman–Crippen LogP) is 1.43. The molecule has 2 N–H and O–H groups in total. The van der Waals surface area contributed by atoms with E-state index in [4.69, 9.17) is 10.5 Å². The van der Waals surface area contributed by atoms with Crippen LogP contribution in [0, 0.1) is 0 Å². The minimum absolute atomic E-state index is 0.487. The van der Waals surface area contributed by atoms with E-state index in [1.807, 2.05) is 30.3 Å². The molecule has 0 amide bonds. The summed E-state index contributed by atoms with van der Waals surface area (Å²) in [5.41, 5.74) is 6.86. The molecule has 1 unspecified atom stereocenters. The Morgan fingerprint density at radius 2 is 2.10 bits per heavy atom. The molecule has 2 aromatic heterocycles. The first-order chi connectivity index (χ1) is 9.76. The maximum absolute atomic E-state index is 6.35. The first-order valence-electron chi connectivity index (χ1n) is 6.41. The number of nitrogens with two attached hydrogens (primary N) is 1. The lowest BCUT2D eigenvalue weighted by Gasteiger charge is -2.16. The molecule has 4 rings (SSSR count). The highest BCUT2D eigenvalue weighted by Gasteiger charge is 2.36. The lowest BCUT2D eigenvalue weighted by Crippen LogP contribution is -2.37. The molecule has 102 valence electrons. The van der Waals surface area contributed by atoms with Gasteiger partial charge in [-0.3, -0.25) is 0 Å². The largest absolute Gasteiger partial charge is 0.379 e. The molecular formula is C13H13N5OS. The van der Waals surface area contributed by atoms with E-state index in [0.29, 0.717) is 13.2 Å². The molecule has 7 heteroatoms. The van der Waals surface area contributed by atoms with Crippen LogP contribution in [0.2, 0.25) is 0 Å². The maximum atomic E-state index is 6.35. The molecule has 6 nitrogen and oxygen atoms in total. The summed E-state index contributed by atoms with van der Waals surface area (Å²) in [6.07, 6.45) is 0.789. The van der Waals surface area contributed by atoms with Gasteiger partial charge < -0.3 is 10.5 Å². The van der Waals surface area contributed by atoms with Gasteiger partial charge in [0.05, 0.1) is 12.1 Å². The molecule has 1 atom stereocenters. The first kappa shape index (κ1) is 12.0. The monoisotopic (exact) mass is 287 g/mol. The summed E-state index contributed by atoms with van der Waals surface area (Å²) < 4.78 is 7.16. The van der Waals surface area contributed by atoms with Gasteiger partial charge in [-0.2, -0.15) is 9.61 Å². The normalized spacial score (nSPS) is 22.6. The lowest BCUT2D eigenvalue weighted by molar-refractivity contribution is 0.178. The molecule has 3 heterocycles. The Morgan fingerprint density at radius 1 is 1.25 bits per heavy atom. The molecule has 1 saturated heterocycles. The number of fused-ring (bicyclic) bond motifs is 1. The SMILES string of the molecule is NC1(c2nn3c(-c4ccccc4)nnc3s2)CCOC1. The third-order valence-corrected chi connectivity index (χ3v) is 4.62. The van der Waals surface area contributed by atoms with Crippen molar-refractivity contribution in [1.82, 2.24) is 19.8 Å². The minimum atomic E-state index is -0.487. The second-order valence-corrected chi connectivity index (χ2v) is 5.91. The third-order valence-electron chi connectivity index (χ3n) is 3.50. The van der Waals surface area contributed by atoms with E-state index in [1.54, 1.807) is 4.52 Å². The average Bonchev–Trinajstić information content (AvgIpc) is 3.14. The van der Waals surface area contributed by atoms with Gasteiger partial charge in [-0.1, -0.05) is 41.7 Å². The summed E-state index contributed by atoms with van der Waals surface area (Å²) in [6, 6.07) is 9.90. The Kier molecular flexibility index (Phi) is 2.59. The maximum Gasteiger partial charge on any atom is 0.235 e. The minimum Gasteiger partial charge on any atom is -0.379 e. The molecule has 0 aliphatic carbocycles. The van der Waals surface area contributed by atoms with Crippen molar-refractivity contribution in [2.45, 2.75) is 12.0 Å². The zero-order valence-electron chi connectivity index (χ0n) is 10.7. The summed E-state index contributed by atoms with van der Waals surface area (Å²) in [5.74, 6) is 0.741. The molecular weight excluding hydrogens is 274 g/mol. The van der Waals surface area contributed by atoms with Crippen molar-refractivity contribution >= 4 is 16.3 Å². The topological polar surface area (TPSA) is 78.3 Å². The third kappa shape index (κ3) is 1.75. The second kappa shape index (κ2) is 4.34. The molecule has 0 spiro atoms. The van der Waals surface area contributed by atoms with E-state index in [0.717, 1.165) is 27.8 Å². The van der Waals surface area contributed by atoms with Gasteiger partial charge in [-0.05, 0) is 6.42 Å². The van der Waals surface area contributed by atoms with Crippen LogP contribution in [0.4, 0.5) is 0 Å². The van der Waals surface area contributed by atoms with Crippen LogP contribution in [0.1, 0.15) is 11.4 Å². The van der Waals surface area contributed by atoms with E-state index < -0.39 is 5.54 Å². The first-order valence-corrected chi connectivity index (χ1v) is 7.23. The van der Waals surface area contributed by atoms with Crippen LogP contribution >= 0.6 is 11.3 Å². The Balaban J connectivity index is 1.83. The molecule has 1 fully saturated rings. The number of aromatic nitrogens is 4. The van der Waals surface area contributed by atoms with Crippen molar-refractivity contribution in [2.24, 2.45) is 5.73 Å². The van der Waals surface area contributed by atoms with Gasteiger partial charge in [-0.15, -0.1) is 10.2 Å². The van der Waals surface area contributed by atoms with Crippen LogP contribution in [0.3, 0.4) is 0 Å². The van der Waals surface area contributed by atoms with E-state index >= 15 is 0 Å². The standard InChI is InChI=1S/C13H13N5OS/c14-13(6-7-19-8-13)11-17-18-10(15-16-12(18)20-11)9-4-2-1-3-5-9/h1-5H,6-8,14H2. The van der Waals surface area contributed by atoms with E-state index in [2.05, 4.69) is 15.3 Å². The molecule has 0 radical (unpaired) electrons. The van der Waals surface area contributed by atoms with Crippen LogP contribution in [0.5, 0.6) is 0 Å². The summed E-state index contributed by atoms with van der Waals surface area (Å²) >= 11 is 1.48. The lowest BCUT2D eigenvalue weighted by atomic mass is 10.0. The predicted molar refractivity (Wildman–Crippen MR) is 75.4 cm³/mol. The fraction of sp³-hybridized carbons (Fsp3) is 0.308. The van der Waals surface area contributed by atoms with Gasteiger partial charge in [0.2, 0.25) is 4.96 Å². The van der Waals surface area contributed by atoms with E-state index in [9.17, 15) is 0 Å². The second-order valence-electron chi connectivity index (χ2n) is 4.95. The van der Waals surface area contributed by atoms with Crippen LogP contribution in [0.15, 0.2) is 30.3 Å². The number of hydrogen-bond acceptors (Lipinski definition) is 6. The highest BCUT2D eigenvalue weighted by Crippen LogP contribution is 2.32. The Labute approximate surface area is 119 Å². The summed E-state index contributed by atoms with van der Waals surface area (Å²) in [7, 11) is 0. The van der Waals surface area contributed by atoms with Crippen molar-refractivity contribution < 1.29 is 4.74 Å². The smallest absolute Gasteiger partial charge is 0.235 e.